The molecule has 2 aromatic carbocycles. The molecule has 2 nitrogen and oxygen atoms in total. The summed E-state index contributed by atoms with van der Waals surface area (Å²) in [5, 5.41) is 12.4. The molecule has 0 saturated carbocycles. The number of benzene rings is 2. The first kappa shape index (κ1) is 13.1. The van der Waals surface area contributed by atoms with Crippen molar-refractivity contribution in [2.45, 2.75) is 18.3 Å². The molecule has 0 atom stereocenters. The number of allylic oxidation sites excluding steroid dienone is 2. The highest BCUT2D eigenvalue weighted by Gasteiger charge is 2.37. The van der Waals surface area contributed by atoms with E-state index in [9.17, 15) is 0 Å². The number of hydrogen-bond acceptors (Lipinski definition) is 2. The minimum absolute atomic E-state index is 0.148. The molecule has 22 heavy (non-hydrogen) atoms. The van der Waals surface area contributed by atoms with E-state index in [1.807, 2.05) is 6.08 Å². The van der Waals surface area contributed by atoms with E-state index < -0.39 is 0 Å². The van der Waals surface area contributed by atoms with Crippen LogP contribution < -0.4 is 0 Å². The molecule has 4 rings (SSSR count). The van der Waals surface area contributed by atoms with Gasteiger partial charge in [0.2, 0.25) is 0 Å². The summed E-state index contributed by atoms with van der Waals surface area (Å²) in [6.45, 7) is 0. The van der Waals surface area contributed by atoms with Crippen molar-refractivity contribution in [3.63, 3.8) is 0 Å². The van der Waals surface area contributed by atoms with Crippen LogP contribution in [0, 0.1) is 0 Å². The van der Waals surface area contributed by atoms with Gasteiger partial charge in [-0.25, -0.2) is 0 Å². The van der Waals surface area contributed by atoms with Gasteiger partial charge in [-0.15, -0.1) is 0 Å². The Kier molecular flexibility index (Phi) is 2.97. The maximum absolute atomic E-state index is 9.05. The molecular formula is C20H17NO. The van der Waals surface area contributed by atoms with Crippen LogP contribution >= 0.6 is 0 Å². The lowest BCUT2D eigenvalue weighted by Crippen LogP contribution is -2.30. The van der Waals surface area contributed by atoms with Crippen molar-refractivity contribution in [1.82, 2.24) is 0 Å². The van der Waals surface area contributed by atoms with Crippen molar-refractivity contribution in [3.05, 3.63) is 82.9 Å². The summed E-state index contributed by atoms with van der Waals surface area (Å²) in [5.74, 6) is 0. The molecule has 0 aliphatic heterocycles. The van der Waals surface area contributed by atoms with Crippen LogP contribution in [0.25, 0.3) is 12.2 Å². The molecule has 2 heteroatoms. The summed E-state index contributed by atoms with van der Waals surface area (Å²) < 4.78 is 0. The molecular weight excluding hydrogens is 270 g/mol. The summed E-state index contributed by atoms with van der Waals surface area (Å²) in [7, 11) is 0. The molecule has 1 N–H and O–H groups in total. The van der Waals surface area contributed by atoms with Crippen LogP contribution in [-0.2, 0) is 5.41 Å². The lowest BCUT2D eigenvalue weighted by molar-refractivity contribution is 0.317. The van der Waals surface area contributed by atoms with Crippen LogP contribution in [-0.4, -0.2) is 10.9 Å². The number of oxime groups is 1. The molecule has 0 unspecified atom stereocenters. The van der Waals surface area contributed by atoms with Gasteiger partial charge < -0.3 is 5.21 Å². The van der Waals surface area contributed by atoms with Crippen LogP contribution in [0.3, 0.4) is 0 Å². The molecule has 2 aliphatic carbocycles. The van der Waals surface area contributed by atoms with E-state index in [0.717, 1.165) is 18.6 Å². The average molecular weight is 287 g/mol. The van der Waals surface area contributed by atoms with Gasteiger partial charge in [0.15, 0.2) is 0 Å². The Hall–Kier alpha value is -2.61. The highest BCUT2D eigenvalue weighted by molar-refractivity contribution is 5.96. The fourth-order valence-corrected chi connectivity index (χ4v) is 3.68. The van der Waals surface area contributed by atoms with Gasteiger partial charge in [0.1, 0.15) is 0 Å². The predicted octanol–water partition coefficient (Wildman–Crippen LogP) is 4.64. The Balaban J connectivity index is 2.03. The zero-order chi connectivity index (χ0) is 15.0. The van der Waals surface area contributed by atoms with E-state index >= 15 is 0 Å². The van der Waals surface area contributed by atoms with Crippen LogP contribution in [0.4, 0.5) is 0 Å². The van der Waals surface area contributed by atoms with Crippen molar-refractivity contribution in [1.29, 1.82) is 0 Å². The maximum atomic E-state index is 9.05. The second-order valence-corrected chi connectivity index (χ2v) is 5.90. The van der Waals surface area contributed by atoms with Crippen LogP contribution in [0.2, 0.25) is 0 Å². The number of nitrogens with zero attached hydrogens (tertiary/aromatic N) is 1. The summed E-state index contributed by atoms with van der Waals surface area (Å²) >= 11 is 0. The molecule has 2 aliphatic rings. The number of rotatable bonds is 0. The Morgan fingerprint density at radius 1 is 0.818 bits per heavy atom. The first-order valence-electron chi connectivity index (χ1n) is 7.61. The fourth-order valence-electron chi connectivity index (χ4n) is 3.68. The van der Waals surface area contributed by atoms with Gasteiger partial charge in [-0.05, 0) is 41.2 Å². The Morgan fingerprint density at radius 2 is 1.41 bits per heavy atom. The van der Waals surface area contributed by atoms with E-state index in [-0.39, 0.29) is 5.41 Å². The largest absolute Gasteiger partial charge is 0.411 e. The van der Waals surface area contributed by atoms with Crippen LogP contribution in [0.5, 0.6) is 0 Å². The third-order valence-corrected chi connectivity index (χ3v) is 4.79. The lowest BCUT2D eigenvalue weighted by atomic mass is 9.67. The van der Waals surface area contributed by atoms with E-state index in [4.69, 9.17) is 5.21 Å². The second kappa shape index (κ2) is 4.99. The highest BCUT2D eigenvalue weighted by atomic mass is 16.4. The normalized spacial score (nSPS) is 19.7. The molecule has 0 radical (unpaired) electrons. The molecule has 0 aromatic heterocycles. The second-order valence-electron chi connectivity index (χ2n) is 5.90. The van der Waals surface area contributed by atoms with Crippen molar-refractivity contribution < 1.29 is 5.21 Å². The maximum Gasteiger partial charge on any atom is 0.0793 e. The van der Waals surface area contributed by atoms with Gasteiger partial charge in [0.25, 0.3) is 0 Å². The molecule has 1 spiro atoms. The van der Waals surface area contributed by atoms with Crippen molar-refractivity contribution in [2.75, 3.05) is 0 Å². The van der Waals surface area contributed by atoms with Crippen molar-refractivity contribution >= 4 is 17.9 Å². The smallest absolute Gasteiger partial charge is 0.0793 e. The zero-order valence-electron chi connectivity index (χ0n) is 12.2. The Bertz CT molecular complexity index is 764. The lowest BCUT2D eigenvalue weighted by Gasteiger charge is -2.36. The molecule has 0 bridgehead atoms. The van der Waals surface area contributed by atoms with Gasteiger partial charge in [0.05, 0.1) is 5.71 Å². The summed E-state index contributed by atoms with van der Waals surface area (Å²) in [4.78, 5) is 0. The predicted molar refractivity (Wildman–Crippen MR) is 90.2 cm³/mol. The van der Waals surface area contributed by atoms with E-state index in [1.54, 1.807) is 0 Å². The van der Waals surface area contributed by atoms with E-state index in [0.29, 0.717) is 0 Å². The van der Waals surface area contributed by atoms with Gasteiger partial charge in [0, 0.05) is 5.41 Å². The molecule has 108 valence electrons. The first-order chi connectivity index (χ1) is 10.8. The van der Waals surface area contributed by atoms with E-state index in [1.165, 1.54) is 22.3 Å². The Morgan fingerprint density at radius 3 is 1.91 bits per heavy atom. The van der Waals surface area contributed by atoms with Crippen molar-refractivity contribution in [3.8, 4) is 0 Å². The third-order valence-electron chi connectivity index (χ3n) is 4.79. The molecule has 0 saturated heterocycles. The van der Waals surface area contributed by atoms with Gasteiger partial charge >= 0.3 is 0 Å². The topological polar surface area (TPSA) is 32.6 Å². The minimum Gasteiger partial charge on any atom is -0.411 e. The first-order valence-corrected chi connectivity index (χ1v) is 7.61. The van der Waals surface area contributed by atoms with Crippen LogP contribution in [0.1, 0.15) is 35.1 Å². The number of fused-ring (bicyclic) bond motifs is 4. The van der Waals surface area contributed by atoms with Crippen LogP contribution in [0.15, 0.2) is 65.8 Å². The van der Waals surface area contributed by atoms with E-state index in [2.05, 4.69) is 71.9 Å². The molecule has 2 aromatic rings. The SMILES string of the molecule is ON=C1C=CC2(CC1)c1ccccc1C=Cc1ccccc12. The van der Waals surface area contributed by atoms with Crippen molar-refractivity contribution in [2.24, 2.45) is 5.16 Å². The molecule has 0 fully saturated rings. The number of hydrogen-bond donors (Lipinski definition) is 1. The fraction of sp³-hybridized carbons (Fsp3) is 0.150. The quantitative estimate of drug-likeness (QED) is 0.556. The van der Waals surface area contributed by atoms with Gasteiger partial charge in [-0.1, -0.05) is 71.9 Å². The monoisotopic (exact) mass is 287 g/mol. The summed E-state index contributed by atoms with van der Waals surface area (Å²) in [5.41, 5.74) is 5.76. The summed E-state index contributed by atoms with van der Waals surface area (Å²) in [6.07, 6.45) is 10.3. The average Bonchev–Trinajstić information content (AvgIpc) is 2.73. The Labute approximate surface area is 130 Å². The molecule has 0 amide bonds. The van der Waals surface area contributed by atoms with Gasteiger partial charge in [-0.3, -0.25) is 0 Å². The van der Waals surface area contributed by atoms with Gasteiger partial charge in [-0.2, -0.15) is 0 Å². The standard InChI is InChI=1S/C20H17NO/c22-21-17-11-13-20(14-12-17)18-7-3-1-5-15(18)9-10-16-6-2-4-8-19(16)20/h1-11,13,22H,12,14H2. The minimum atomic E-state index is -0.148. The summed E-state index contributed by atoms with van der Waals surface area (Å²) in [6, 6.07) is 17.1. The highest BCUT2D eigenvalue weighted by Crippen LogP contribution is 2.45. The third kappa shape index (κ3) is 1.84. The zero-order valence-corrected chi connectivity index (χ0v) is 12.2. The molecule has 0 heterocycles.